The molecule has 0 aliphatic heterocycles. The molecule has 2 nitrogen and oxygen atoms in total. The fraction of sp³-hybridized carbons (Fsp3) is 0.625. The molecule has 0 saturated heterocycles. The molecule has 0 bridgehead atoms. The maximum atomic E-state index is 13.7. The van der Waals surface area contributed by atoms with E-state index in [0.29, 0.717) is 12.6 Å². The third kappa shape index (κ3) is 3.51. The lowest BCUT2D eigenvalue weighted by atomic mass is 9.92. The third-order valence-corrected chi connectivity index (χ3v) is 4.67. The Morgan fingerprint density at radius 2 is 2.05 bits per heavy atom. The lowest BCUT2D eigenvalue weighted by Gasteiger charge is -2.39. The topological polar surface area (TPSA) is 29.3 Å². The minimum atomic E-state index is -0.359. The summed E-state index contributed by atoms with van der Waals surface area (Å²) in [6.45, 7) is 3.60. The zero-order chi connectivity index (χ0) is 14.5. The van der Waals surface area contributed by atoms with Crippen LogP contribution in [0.4, 0.5) is 4.39 Å². The van der Waals surface area contributed by atoms with Crippen molar-refractivity contribution in [2.75, 3.05) is 13.1 Å². The highest BCUT2D eigenvalue weighted by molar-refractivity contribution is 6.30. The first-order valence-electron chi connectivity index (χ1n) is 7.58. The number of rotatable bonds is 5. The molecule has 0 radical (unpaired) electrons. The van der Waals surface area contributed by atoms with Gasteiger partial charge in [0, 0.05) is 18.6 Å². The first kappa shape index (κ1) is 15.7. The number of likely N-dealkylation sites (N-methyl/N-ethyl adjacent to an activating group) is 1. The number of halogens is 2. The number of nitrogens with two attached hydrogens (primary N) is 1. The molecular weight excluding hydrogens is 275 g/mol. The monoisotopic (exact) mass is 298 g/mol. The first-order valence-corrected chi connectivity index (χ1v) is 7.96. The zero-order valence-electron chi connectivity index (χ0n) is 12.1. The van der Waals surface area contributed by atoms with Crippen LogP contribution in [0.25, 0.3) is 0 Å². The van der Waals surface area contributed by atoms with Crippen LogP contribution in [-0.2, 0) is 0 Å². The van der Waals surface area contributed by atoms with Crippen LogP contribution >= 0.6 is 11.6 Å². The Morgan fingerprint density at radius 1 is 1.35 bits per heavy atom. The van der Waals surface area contributed by atoms with Crippen molar-refractivity contribution in [3.63, 3.8) is 0 Å². The highest BCUT2D eigenvalue weighted by Crippen LogP contribution is 2.30. The van der Waals surface area contributed by atoms with Crippen molar-refractivity contribution in [2.45, 2.75) is 51.1 Å². The Hall–Kier alpha value is -0.640. The lowest BCUT2D eigenvalue weighted by Crippen LogP contribution is -2.42. The minimum Gasteiger partial charge on any atom is -0.329 e. The lowest BCUT2D eigenvalue weighted by molar-refractivity contribution is 0.113. The van der Waals surface area contributed by atoms with E-state index in [2.05, 4.69) is 11.8 Å². The van der Waals surface area contributed by atoms with E-state index in [1.165, 1.54) is 38.2 Å². The summed E-state index contributed by atoms with van der Waals surface area (Å²) < 4.78 is 13.7. The van der Waals surface area contributed by atoms with E-state index >= 15 is 0 Å². The van der Waals surface area contributed by atoms with Gasteiger partial charge in [-0.3, -0.25) is 4.90 Å². The van der Waals surface area contributed by atoms with Crippen molar-refractivity contribution in [3.8, 4) is 0 Å². The van der Waals surface area contributed by atoms with Crippen LogP contribution in [0.1, 0.15) is 50.6 Å². The number of hydrogen-bond donors (Lipinski definition) is 1. The second-order valence-corrected chi connectivity index (χ2v) is 5.95. The fourth-order valence-electron chi connectivity index (χ4n) is 3.33. The van der Waals surface area contributed by atoms with Crippen molar-refractivity contribution < 1.29 is 4.39 Å². The van der Waals surface area contributed by atoms with Crippen LogP contribution in [-0.4, -0.2) is 24.0 Å². The van der Waals surface area contributed by atoms with Crippen molar-refractivity contribution in [1.82, 2.24) is 4.90 Å². The van der Waals surface area contributed by atoms with Crippen molar-refractivity contribution in [1.29, 1.82) is 0 Å². The fourth-order valence-corrected chi connectivity index (χ4v) is 3.45. The predicted molar refractivity (Wildman–Crippen MR) is 82.5 cm³/mol. The molecule has 1 fully saturated rings. The van der Waals surface area contributed by atoms with Gasteiger partial charge in [-0.2, -0.15) is 0 Å². The maximum Gasteiger partial charge on any atom is 0.142 e. The van der Waals surface area contributed by atoms with Gasteiger partial charge in [-0.05, 0) is 37.1 Å². The van der Waals surface area contributed by atoms with Crippen LogP contribution in [0.3, 0.4) is 0 Å². The Labute approximate surface area is 126 Å². The molecule has 1 atom stereocenters. The van der Waals surface area contributed by atoms with Gasteiger partial charge in [0.15, 0.2) is 0 Å². The number of nitrogens with zero attached hydrogens (tertiary/aromatic N) is 1. The van der Waals surface area contributed by atoms with Gasteiger partial charge in [0.25, 0.3) is 0 Å². The average Bonchev–Trinajstić information content (AvgIpc) is 2.48. The molecule has 1 unspecified atom stereocenters. The van der Waals surface area contributed by atoms with Gasteiger partial charge in [-0.15, -0.1) is 0 Å². The molecule has 1 aliphatic carbocycles. The van der Waals surface area contributed by atoms with Crippen molar-refractivity contribution in [2.24, 2.45) is 5.73 Å². The highest BCUT2D eigenvalue weighted by atomic mass is 35.5. The molecule has 1 aromatic carbocycles. The van der Waals surface area contributed by atoms with Gasteiger partial charge in [-0.25, -0.2) is 4.39 Å². The second kappa shape index (κ2) is 7.39. The first-order chi connectivity index (χ1) is 9.67. The smallest absolute Gasteiger partial charge is 0.142 e. The summed E-state index contributed by atoms with van der Waals surface area (Å²) in [4.78, 5) is 2.43. The van der Waals surface area contributed by atoms with Crippen molar-refractivity contribution in [3.05, 3.63) is 34.6 Å². The Kier molecular flexibility index (Phi) is 5.82. The number of hydrogen-bond acceptors (Lipinski definition) is 2. The molecule has 1 aliphatic rings. The summed E-state index contributed by atoms with van der Waals surface area (Å²) in [5, 5.41) is 0.172. The van der Waals surface area contributed by atoms with Crippen LogP contribution in [0, 0.1) is 5.82 Å². The molecule has 1 saturated carbocycles. The van der Waals surface area contributed by atoms with E-state index in [0.717, 1.165) is 12.1 Å². The molecular formula is C16H24ClFN2. The summed E-state index contributed by atoms with van der Waals surface area (Å²) >= 11 is 5.77. The normalized spacial score (nSPS) is 18.4. The van der Waals surface area contributed by atoms with Crippen LogP contribution in [0.2, 0.25) is 5.02 Å². The van der Waals surface area contributed by atoms with E-state index in [4.69, 9.17) is 17.3 Å². The van der Waals surface area contributed by atoms with E-state index in [9.17, 15) is 4.39 Å². The quantitative estimate of drug-likeness (QED) is 0.885. The molecule has 0 aromatic heterocycles. The Balaban J connectivity index is 2.21. The average molecular weight is 299 g/mol. The molecule has 1 aromatic rings. The molecule has 2 rings (SSSR count). The molecule has 4 heteroatoms. The van der Waals surface area contributed by atoms with Crippen molar-refractivity contribution >= 4 is 11.6 Å². The van der Waals surface area contributed by atoms with E-state index in [1.54, 1.807) is 6.07 Å². The van der Waals surface area contributed by atoms with E-state index < -0.39 is 0 Å². The minimum absolute atomic E-state index is 0.0786. The summed E-state index contributed by atoms with van der Waals surface area (Å²) in [6.07, 6.45) is 6.35. The van der Waals surface area contributed by atoms with Gasteiger partial charge in [-0.1, -0.05) is 43.9 Å². The maximum absolute atomic E-state index is 13.7. The molecule has 2 N–H and O–H groups in total. The predicted octanol–water partition coefficient (Wildman–Crippen LogP) is 4.13. The van der Waals surface area contributed by atoms with Gasteiger partial charge >= 0.3 is 0 Å². The molecule has 0 amide bonds. The zero-order valence-corrected chi connectivity index (χ0v) is 12.9. The Bertz CT molecular complexity index is 432. The van der Waals surface area contributed by atoms with Crippen LogP contribution < -0.4 is 5.73 Å². The molecule has 112 valence electrons. The summed E-state index contributed by atoms with van der Waals surface area (Å²) in [5.41, 5.74) is 6.91. The van der Waals surface area contributed by atoms with Gasteiger partial charge in [0.05, 0.1) is 5.02 Å². The standard InChI is InChI=1S/C16H24ClFN2/c1-2-20(13-6-4-3-5-7-13)16(11-19)12-8-9-14(17)15(18)10-12/h8-10,13,16H,2-7,11,19H2,1H3. The van der Waals surface area contributed by atoms with E-state index in [-0.39, 0.29) is 16.9 Å². The molecule has 0 spiro atoms. The summed E-state index contributed by atoms with van der Waals surface area (Å²) in [6, 6.07) is 5.71. The Morgan fingerprint density at radius 3 is 2.60 bits per heavy atom. The second-order valence-electron chi connectivity index (χ2n) is 5.55. The van der Waals surface area contributed by atoms with E-state index in [1.807, 2.05) is 6.07 Å². The summed E-state index contributed by atoms with van der Waals surface area (Å²) in [5.74, 6) is -0.359. The van der Waals surface area contributed by atoms with Gasteiger partial charge < -0.3 is 5.73 Å². The number of benzene rings is 1. The third-order valence-electron chi connectivity index (χ3n) is 4.36. The van der Waals surface area contributed by atoms with Gasteiger partial charge in [0.2, 0.25) is 0 Å². The van der Waals surface area contributed by atoms with Crippen LogP contribution in [0.15, 0.2) is 18.2 Å². The summed E-state index contributed by atoms with van der Waals surface area (Å²) in [7, 11) is 0. The van der Waals surface area contributed by atoms with Crippen LogP contribution in [0.5, 0.6) is 0 Å². The molecule has 20 heavy (non-hydrogen) atoms. The molecule has 0 heterocycles. The van der Waals surface area contributed by atoms with Gasteiger partial charge in [0.1, 0.15) is 5.82 Å². The highest BCUT2D eigenvalue weighted by Gasteiger charge is 2.27. The SMILES string of the molecule is CCN(C1CCCCC1)C(CN)c1ccc(Cl)c(F)c1. The largest absolute Gasteiger partial charge is 0.329 e.